The maximum Gasteiger partial charge on any atom is 0.396 e. The second kappa shape index (κ2) is 7.43. The summed E-state index contributed by atoms with van der Waals surface area (Å²) in [5.41, 5.74) is 6.91. The number of nitrogens with zero attached hydrogens (tertiary/aromatic N) is 5. The van der Waals surface area contributed by atoms with Crippen LogP contribution in [0.1, 0.15) is 48.7 Å². The van der Waals surface area contributed by atoms with Crippen molar-refractivity contribution in [2.24, 2.45) is 10.7 Å². The summed E-state index contributed by atoms with van der Waals surface area (Å²) in [6, 6.07) is 4.01. The molecule has 1 aromatic heterocycles. The molecule has 1 unspecified atom stereocenters. The molecule has 0 spiro atoms. The largest absolute Gasteiger partial charge is 0.453 e. The molecular weight excluding hydrogens is 407 g/mol. The number of hydroxylamine groups is 2. The third-order valence-corrected chi connectivity index (χ3v) is 4.79. The average molecular weight is 430 g/mol. The van der Waals surface area contributed by atoms with Crippen molar-refractivity contribution >= 4 is 17.8 Å². The van der Waals surface area contributed by atoms with Crippen molar-refractivity contribution in [2.75, 3.05) is 13.7 Å². The van der Waals surface area contributed by atoms with Crippen LogP contribution in [0, 0.1) is 5.82 Å². The molecule has 0 aliphatic carbocycles. The summed E-state index contributed by atoms with van der Waals surface area (Å²) < 4.78 is 20.8. The fourth-order valence-electron chi connectivity index (χ4n) is 3.47. The molecule has 1 aromatic carbocycles. The van der Waals surface area contributed by atoms with E-state index in [9.17, 15) is 14.0 Å². The Hall–Kier alpha value is -3.31. The molecule has 0 saturated carbocycles. The fourth-order valence-corrected chi connectivity index (χ4v) is 3.47. The first kappa shape index (κ1) is 20.9. The van der Waals surface area contributed by atoms with Gasteiger partial charge in [-0.3, -0.25) is 4.79 Å². The van der Waals surface area contributed by atoms with E-state index in [1.54, 1.807) is 32.4 Å². The average Bonchev–Trinajstić information content (AvgIpc) is 3.27. The van der Waals surface area contributed by atoms with Crippen LogP contribution in [-0.2, 0) is 20.9 Å². The summed E-state index contributed by atoms with van der Waals surface area (Å²) in [5.74, 6) is -1.77. The number of halogens is 1. The lowest BCUT2D eigenvalue weighted by atomic mass is 10.1. The Morgan fingerprint density at radius 1 is 1.39 bits per heavy atom. The molecule has 2 aliphatic heterocycles. The minimum absolute atomic E-state index is 0.0661. The summed E-state index contributed by atoms with van der Waals surface area (Å²) >= 11 is 0. The van der Waals surface area contributed by atoms with Crippen LogP contribution >= 0.6 is 0 Å². The number of carbonyl (C=O) groups is 2. The standard InChI is InChI=1S/C20H23FN6O4/c1-20(2,3)30-19(29)17-24-16(27(9-22)31-17)15-14-8-25(4)18(28)12-7-11(21)5-6-13(12)26(14)10-23-15/h5-7,10,16H,8-9,22H2,1-4H3. The van der Waals surface area contributed by atoms with Crippen molar-refractivity contribution in [3.05, 3.63) is 47.3 Å². The Bertz CT molecular complexity index is 1090. The summed E-state index contributed by atoms with van der Waals surface area (Å²) in [5, 5.41) is 1.31. The molecule has 4 rings (SSSR count). The van der Waals surface area contributed by atoms with E-state index in [1.807, 2.05) is 0 Å². The Kier molecular flexibility index (Phi) is 5.02. The maximum absolute atomic E-state index is 13.8. The zero-order valence-corrected chi connectivity index (χ0v) is 17.6. The quantitative estimate of drug-likeness (QED) is 0.734. The summed E-state index contributed by atoms with van der Waals surface area (Å²) in [6.07, 6.45) is 0.720. The minimum Gasteiger partial charge on any atom is -0.453 e. The van der Waals surface area contributed by atoms with Crippen molar-refractivity contribution in [3.63, 3.8) is 0 Å². The molecule has 2 N–H and O–H groups in total. The van der Waals surface area contributed by atoms with Crippen molar-refractivity contribution in [3.8, 4) is 5.69 Å². The van der Waals surface area contributed by atoms with Gasteiger partial charge in [-0.2, -0.15) is 0 Å². The number of imidazole rings is 1. The molecule has 1 amide bonds. The number of aliphatic imine (C=N–C) groups is 1. The second-order valence-corrected chi connectivity index (χ2v) is 8.27. The van der Waals surface area contributed by atoms with Gasteiger partial charge < -0.3 is 24.8 Å². The van der Waals surface area contributed by atoms with E-state index in [0.29, 0.717) is 17.1 Å². The number of hydrogen-bond donors (Lipinski definition) is 1. The molecule has 2 aliphatic rings. The van der Waals surface area contributed by atoms with Crippen molar-refractivity contribution in [2.45, 2.75) is 39.1 Å². The topological polar surface area (TPSA) is 115 Å². The van der Waals surface area contributed by atoms with E-state index < -0.39 is 23.6 Å². The normalized spacial score (nSPS) is 18.8. The summed E-state index contributed by atoms with van der Waals surface area (Å²) in [7, 11) is 1.62. The predicted molar refractivity (Wildman–Crippen MR) is 107 cm³/mol. The first-order chi connectivity index (χ1) is 14.6. The monoisotopic (exact) mass is 430 g/mol. The van der Waals surface area contributed by atoms with Crippen LogP contribution in [0.2, 0.25) is 0 Å². The molecule has 2 aromatic rings. The number of hydrogen-bond acceptors (Lipinski definition) is 8. The molecular formula is C20H23FN6O4. The van der Waals surface area contributed by atoms with Crippen molar-refractivity contribution in [1.29, 1.82) is 0 Å². The van der Waals surface area contributed by atoms with Gasteiger partial charge in [-0.25, -0.2) is 19.2 Å². The second-order valence-electron chi connectivity index (χ2n) is 8.27. The smallest absolute Gasteiger partial charge is 0.396 e. The number of nitrogens with two attached hydrogens (primary N) is 1. The third-order valence-electron chi connectivity index (χ3n) is 4.79. The van der Waals surface area contributed by atoms with Crippen LogP contribution in [0.3, 0.4) is 0 Å². The Morgan fingerprint density at radius 3 is 2.81 bits per heavy atom. The lowest BCUT2D eigenvalue weighted by Gasteiger charge is -2.21. The molecule has 10 nitrogen and oxygen atoms in total. The molecule has 164 valence electrons. The van der Waals surface area contributed by atoms with Crippen molar-refractivity contribution < 1.29 is 23.6 Å². The molecule has 31 heavy (non-hydrogen) atoms. The Labute approximate surface area is 178 Å². The number of ether oxygens (including phenoxy) is 1. The molecule has 1 atom stereocenters. The van der Waals surface area contributed by atoms with Gasteiger partial charge in [-0.05, 0) is 39.0 Å². The van der Waals surface area contributed by atoms with E-state index in [2.05, 4.69) is 9.98 Å². The lowest BCUT2D eigenvalue weighted by molar-refractivity contribution is -0.152. The van der Waals surface area contributed by atoms with Gasteiger partial charge in [0.15, 0.2) is 6.17 Å². The highest BCUT2D eigenvalue weighted by Gasteiger charge is 2.39. The summed E-state index contributed by atoms with van der Waals surface area (Å²) in [6.45, 7) is 5.34. The van der Waals surface area contributed by atoms with Gasteiger partial charge in [0.25, 0.3) is 5.91 Å². The number of esters is 1. The van der Waals surface area contributed by atoms with E-state index in [0.717, 1.165) is 0 Å². The first-order valence-electron chi connectivity index (χ1n) is 9.66. The van der Waals surface area contributed by atoms with Crippen LogP contribution in [0.5, 0.6) is 0 Å². The SMILES string of the molecule is CN1Cc2c(C3N=C(C(=O)OC(C)(C)C)ON3CN)ncn2-c2ccc(F)cc2C1=O. The minimum atomic E-state index is -0.811. The van der Waals surface area contributed by atoms with Gasteiger partial charge in [-0.1, -0.05) is 5.06 Å². The van der Waals surface area contributed by atoms with E-state index in [4.69, 9.17) is 15.3 Å². The molecule has 11 heteroatoms. The third kappa shape index (κ3) is 3.77. The molecule has 3 heterocycles. The Morgan fingerprint density at radius 2 is 2.13 bits per heavy atom. The van der Waals surface area contributed by atoms with Gasteiger partial charge in [0.1, 0.15) is 17.1 Å². The molecule has 0 fully saturated rings. The first-order valence-corrected chi connectivity index (χ1v) is 9.66. The number of benzene rings is 1. The maximum atomic E-state index is 13.8. The Balaban J connectivity index is 1.77. The van der Waals surface area contributed by atoms with Gasteiger partial charge in [0, 0.05) is 7.05 Å². The highest BCUT2D eigenvalue weighted by atomic mass is 19.1. The predicted octanol–water partition coefficient (Wildman–Crippen LogP) is 1.50. The number of aromatic nitrogens is 2. The number of rotatable bonds is 3. The van der Waals surface area contributed by atoms with Gasteiger partial charge in [0.2, 0.25) is 0 Å². The van der Waals surface area contributed by atoms with Crippen LogP contribution in [0.15, 0.2) is 29.5 Å². The summed E-state index contributed by atoms with van der Waals surface area (Å²) in [4.78, 5) is 41.0. The molecule has 0 saturated heterocycles. The number of carbonyl (C=O) groups excluding carboxylic acids is 2. The van der Waals surface area contributed by atoms with Gasteiger partial charge in [0.05, 0.1) is 36.5 Å². The zero-order valence-electron chi connectivity index (χ0n) is 17.6. The highest BCUT2D eigenvalue weighted by Crippen LogP contribution is 2.33. The molecule has 0 bridgehead atoms. The van der Waals surface area contributed by atoms with Gasteiger partial charge in [-0.15, -0.1) is 0 Å². The zero-order chi connectivity index (χ0) is 22.5. The van der Waals surface area contributed by atoms with Crippen LogP contribution < -0.4 is 5.73 Å². The molecule has 0 radical (unpaired) electrons. The number of amides is 1. The van der Waals surface area contributed by atoms with Gasteiger partial charge >= 0.3 is 11.9 Å². The number of fused-ring (bicyclic) bond motifs is 3. The van der Waals surface area contributed by atoms with Crippen LogP contribution in [0.4, 0.5) is 4.39 Å². The van der Waals surface area contributed by atoms with Crippen LogP contribution in [-0.4, -0.2) is 56.6 Å². The van der Waals surface area contributed by atoms with Crippen molar-refractivity contribution in [1.82, 2.24) is 19.5 Å². The lowest BCUT2D eigenvalue weighted by Crippen LogP contribution is -2.34. The van der Waals surface area contributed by atoms with E-state index in [1.165, 1.54) is 34.5 Å². The van der Waals surface area contributed by atoms with E-state index in [-0.39, 0.29) is 30.6 Å². The fraction of sp³-hybridized carbons (Fsp3) is 0.400. The van der Waals surface area contributed by atoms with E-state index >= 15 is 0 Å². The van der Waals surface area contributed by atoms with Crippen LogP contribution in [0.25, 0.3) is 5.69 Å². The highest BCUT2D eigenvalue weighted by molar-refractivity contribution is 6.32.